The van der Waals surface area contributed by atoms with E-state index < -0.39 is 11.4 Å². The predicted octanol–water partition coefficient (Wildman–Crippen LogP) is 1.85. The van der Waals surface area contributed by atoms with Crippen molar-refractivity contribution >= 4 is 11.8 Å². The first kappa shape index (κ1) is 13.1. The molecular weight excluding hydrogens is 258 g/mol. The first-order valence-corrected chi connectivity index (χ1v) is 7.01. The van der Waals surface area contributed by atoms with E-state index >= 15 is 0 Å². The average Bonchev–Trinajstić information content (AvgIpc) is 2.36. The lowest BCUT2D eigenvalue weighted by Crippen LogP contribution is -2.41. The van der Waals surface area contributed by atoms with E-state index in [2.05, 4.69) is 4.98 Å². The lowest BCUT2D eigenvalue weighted by atomic mass is 9.60. The van der Waals surface area contributed by atoms with Gasteiger partial charge in [0.25, 0.3) is 0 Å². The summed E-state index contributed by atoms with van der Waals surface area (Å²) < 4.78 is 4.84. The second-order valence-corrected chi connectivity index (χ2v) is 5.74. The molecule has 20 heavy (non-hydrogen) atoms. The topological polar surface area (TPSA) is 76.2 Å². The molecule has 0 radical (unpaired) electrons. The van der Waals surface area contributed by atoms with Crippen LogP contribution in [0.3, 0.4) is 0 Å². The number of Topliss-reactive ketones (excluding diaryl/α,β-unsaturated/α-hetero) is 1. The number of carbonyl (C=O) groups excluding carboxylic acids is 2. The fourth-order valence-electron chi connectivity index (χ4n) is 3.26. The van der Waals surface area contributed by atoms with E-state index in [1.807, 2.05) is 0 Å². The number of carbonyl (C=O) groups is 2. The summed E-state index contributed by atoms with van der Waals surface area (Å²) in [5, 5.41) is 0. The number of aromatic nitrogens is 1. The highest BCUT2D eigenvalue weighted by atomic mass is 16.5. The molecule has 0 saturated heterocycles. The van der Waals surface area contributed by atoms with E-state index in [4.69, 9.17) is 4.74 Å². The van der Waals surface area contributed by atoms with Crippen LogP contribution in [-0.4, -0.2) is 23.3 Å². The van der Waals surface area contributed by atoms with Gasteiger partial charge >= 0.3 is 5.97 Å². The van der Waals surface area contributed by atoms with Crippen molar-refractivity contribution in [2.24, 2.45) is 5.41 Å². The van der Waals surface area contributed by atoms with E-state index in [1.54, 1.807) is 6.92 Å². The molecule has 0 atom stereocenters. The Hall–Kier alpha value is -1.91. The lowest BCUT2D eigenvalue weighted by molar-refractivity contribution is 0.0524. The van der Waals surface area contributed by atoms with Crippen molar-refractivity contribution in [3.05, 3.63) is 33.2 Å². The number of rotatable bonds is 2. The van der Waals surface area contributed by atoms with Gasteiger partial charge < -0.3 is 9.72 Å². The highest BCUT2D eigenvalue weighted by Gasteiger charge is 2.44. The molecule has 1 spiro atoms. The second kappa shape index (κ2) is 4.58. The molecule has 0 aliphatic heterocycles. The van der Waals surface area contributed by atoms with Gasteiger partial charge in [0, 0.05) is 18.3 Å². The Morgan fingerprint density at radius 2 is 2.10 bits per heavy atom. The normalized spacial score (nSPS) is 19.4. The molecule has 106 valence electrons. The first-order chi connectivity index (χ1) is 9.56. The van der Waals surface area contributed by atoms with Gasteiger partial charge in [-0.25, -0.2) is 4.79 Å². The molecule has 2 aliphatic carbocycles. The number of esters is 1. The van der Waals surface area contributed by atoms with Crippen LogP contribution >= 0.6 is 0 Å². The van der Waals surface area contributed by atoms with Crippen LogP contribution in [0.4, 0.5) is 0 Å². The third-order valence-corrected chi connectivity index (χ3v) is 4.44. The van der Waals surface area contributed by atoms with Gasteiger partial charge in [-0.15, -0.1) is 0 Å². The number of pyridine rings is 1. The molecule has 0 bridgehead atoms. The zero-order valence-electron chi connectivity index (χ0n) is 11.5. The lowest BCUT2D eigenvalue weighted by Gasteiger charge is -2.44. The average molecular weight is 275 g/mol. The van der Waals surface area contributed by atoms with Crippen molar-refractivity contribution < 1.29 is 14.3 Å². The van der Waals surface area contributed by atoms with Crippen molar-refractivity contribution in [3.8, 4) is 0 Å². The molecule has 1 N–H and O–H groups in total. The molecule has 5 nitrogen and oxygen atoms in total. The number of ketones is 1. The minimum absolute atomic E-state index is 0.0540. The summed E-state index contributed by atoms with van der Waals surface area (Å²) in [7, 11) is 0. The van der Waals surface area contributed by atoms with Gasteiger partial charge in [-0.05, 0) is 31.6 Å². The van der Waals surface area contributed by atoms with Gasteiger partial charge in [-0.1, -0.05) is 6.42 Å². The molecule has 0 aromatic carbocycles. The Bertz CT molecular complexity index is 640. The van der Waals surface area contributed by atoms with Crippen molar-refractivity contribution in [1.82, 2.24) is 4.98 Å². The predicted molar refractivity (Wildman–Crippen MR) is 72.0 cm³/mol. The van der Waals surface area contributed by atoms with Crippen LogP contribution in [0.15, 0.2) is 11.0 Å². The smallest absolute Gasteiger partial charge is 0.343 e. The Balaban J connectivity index is 2.03. The van der Waals surface area contributed by atoms with Gasteiger partial charge in [0.15, 0.2) is 5.78 Å². The number of ether oxygens (including phenoxy) is 1. The Labute approximate surface area is 116 Å². The summed E-state index contributed by atoms with van der Waals surface area (Å²) in [4.78, 5) is 39.3. The third-order valence-electron chi connectivity index (χ3n) is 4.44. The standard InChI is InChI=1S/C15H17NO4/c1-2-20-14(19)9-8-16-10-6-15(4-3-5-15)7-11(17)12(10)13(9)18/h8H,2-7H2,1H3,(H,16,18). The van der Waals surface area contributed by atoms with Crippen molar-refractivity contribution in [2.75, 3.05) is 6.61 Å². The SMILES string of the molecule is CCOC(=O)c1c[nH]c2c(c1=O)C(=O)CC1(CCC1)C2. The molecule has 5 heteroatoms. The summed E-state index contributed by atoms with van der Waals surface area (Å²) >= 11 is 0. The number of hydrogen-bond donors (Lipinski definition) is 1. The van der Waals surface area contributed by atoms with Crippen LogP contribution in [0.2, 0.25) is 0 Å². The molecule has 2 aliphatic rings. The quantitative estimate of drug-likeness (QED) is 0.836. The van der Waals surface area contributed by atoms with Gasteiger partial charge in [0.05, 0.1) is 12.2 Å². The number of aromatic amines is 1. The highest BCUT2D eigenvalue weighted by Crippen LogP contribution is 2.49. The van der Waals surface area contributed by atoms with Gasteiger partial charge in [0.2, 0.25) is 5.43 Å². The van der Waals surface area contributed by atoms with E-state index in [-0.39, 0.29) is 28.9 Å². The molecule has 1 aromatic heterocycles. The summed E-state index contributed by atoms with van der Waals surface area (Å²) in [6.45, 7) is 1.88. The Morgan fingerprint density at radius 1 is 1.35 bits per heavy atom. The Kier molecular flexibility index (Phi) is 3.00. The molecule has 0 unspecified atom stereocenters. The minimum atomic E-state index is -0.673. The maximum atomic E-state index is 12.3. The number of fused-ring (bicyclic) bond motifs is 1. The number of hydrogen-bond acceptors (Lipinski definition) is 4. The molecule has 0 amide bonds. The van der Waals surface area contributed by atoms with Crippen LogP contribution in [0.1, 0.15) is 59.0 Å². The maximum absolute atomic E-state index is 12.3. The fourth-order valence-corrected chi connectivity index (χ4v) is 3.26. The second-order valence-electron chi connectivity index (χ2n) is 5.74. The minimum Gasteiger partial charge on any atom is -0.462 e. The molecule has 1 saturated carbocycles. The molecular formula is C15H17NO4. The number of nitrogens with one attached hydrogen (secondary N) is 1. The van der Waals surface area contributed by atoms with Gasteiger partial charge in [0.1, 0.15) is 5.56 Å². The van der Waals surface area contributed by atoms with Crippen molar-refractivity contribution in [3.63, 3.8) is 0 Å². The summed E-state index contributed by atoms with van der Waals surface area (Å²) in [6, 6.07) is 0. The van der Waals surface area contributed by atoms with Gasteiger partial charge in [-0.2, -0.15) is 0 Å². The van der Waals surface area contributed by atoms with Crippen LogP contribution < -0.4 is 5.43 Å². The molecule has 3 rings (SSSR count). The van der Waals surface area contributed by atoms with E-state index in [0.717, 1.165) is 25.7 Å². The first-order valence-electron chi connectivity index (χ1n) is 7.01. The van der Waals surface area contributed by atoms with Gasteiger partial charge in [-0.3, -0.25) is 9.59 Å². The van der Waals surface area contributed by atoms with Crippen molar-refractivity contribution in [2.45, 2.75) is 39.0 Å². The van der Waals surface area contributed by atoms with E-state index in [0.29, 0.717) is 12.1 Å². The highest BCUT2D eigenvalue weighted by molar-refractivity contribution is 6.01. The largest absolute Gasteiger partial charge is 0.462 e. The van der Waals surface area contributed by atoms with Crippen LogP contribution in [0.25, 0.3) is 0 Å². The zero-order chi connectivity index (χ0) is 14.3. The van der Waals surface area contributed by atoms with Crippen LogP contribution in [0.5, 0.6) is 0 Å². The van der Waals surface area contributed by atoms with Crippen molar-refractivity contribution in [1.29, 1.82) is 0 Å². The third kappa shape index (κ3) is 1.88. The Morgan fingerprint density at radius 3 is 2.70 bits per heavy atom. The van der Waals surface area contributed by atoms with E-state index in [9.17, 15) is 14.4 Å². The molecule has 1 heterocycles. The maximum Gasteiger partial charge on any atom is 0.343 e. The molecule has 1 aromatic rings. The summed E-state index contributed by atoms with van der Waals surface area (Å²) in [5.74, 6) is -0.813. The van der Waals surface area contributed by atoms with Crippen LogP contribution in [0, 0.1) is 5.41 Å². The monoisotopic (exact) mass is 275 g/mol. The molecule has 1 fully saturated rings. The summed E-state index contributed by atoms with van der Waals surface area (Å²) in [6.07, 6.45) is 5.76. The fraction of sp³-hybridized carbons (Fsp3) is 0.533. The number of H-pyrrole nitrogens is 1. The summed E-state index contributed by atoms with van der Waals surface area (Å²) in [5.41, 5.74) is 0.324. The zero-order valence-corrected chi connectivity index (χ0v) is 11.5. The van der Waals surface area contributed by atoms with E-state index in [1.165, 1.54) is 6.20 Å². The van der Waals surface area contributed by atoms with Crippen LogP contribution in [-0.2, 0) is 11.2 Å².